The first-order chi connectivity index (χ1) is 21.4. The Balaban J connectivity index is 1.31. The first-order valence-corrected chi connectivity index (χ1v) is 15.2. The standard InChI is InChI=1S/C37H39FO6/c38-34-17-8-7-16-32(34)30-24-29(27-12-5-3-6-13-27)25-31(26-30)43-22-9-2-1-4-14-28-15-10-18-35(33(28)20-21-37(41)42)44-23-11-19-36(39)40/h3,5-8,10,12-13,15-18,24-26H,1-2,4,9,11,14,19-23H2,(H,39,40)(H,41,42). The van der Waals surface area contributed by atoms with Crippen molar-refractivity contribution in [1.82, 2.24) is 0 Å². The number of hydrogen-bond acceptors (Lipinski definition) is 4. The number of aryl methyl sites for hydroxylation is 1. The van der Waals surface area contributed by atoms with E-state index in [2.05, 4.69) is 0 Å². The summed E-state index contributed by atoms with van der Waals surface area (Å²) in [6, 6.07) is 28.3. The van der Waals surface area contributed by atoms with Crippen molar-refractivity contribution in [2.75, 3.05) is 13.2 Å². The molecular weight excluding hydrogens is 559 g/mol. The molecule has 0 bridgehead atoms. The van der Waals surface area contributed by atoms with Crippen molar-refractivity contribution >= 4 is 11.9 Å². The number of carboxylic acids is 2. The number of benzene rings is 4. The predicted octanol–water partition coefficient (Wildman–Crippen LogP) is 8.60. The second-order valence-electron chi connectivity index (χ2n) is 10.7. The third-order valence-electron chi connectivity index (χ3n) is 7.42. The van der Waals surface area contributed by atoms with Crippen molar-refractivity contribution in [3.05, 3.63) is 108 Å². The summed E-state index contributed by atoms with van der Waals surface area (Å²) < 4.78 is 26.6. The van der Waals surface area contributed by atoms with Gasteiger partial charge < -0.3 is 19.7 Å². The van der Waals surface area contributed by atoms with Crippen LogP contribution in [0.2, 0.25) is 0 Å². The van der Waals surface area contributed by atoms with Gasteiger partial charge in [0, 0.05) is 18.4 Å². The molecule has 2 N–H and O–H groups in total. The third kappa shape index (κ3) is 9.97. The second-order valence-corrected chi connectivity index (χ2v) is 10.7. The maximum absolute atomic E-state index is 14.6. The van der Waals surface area contributed by atoms with Crippen LogP contribution in [0.4, 0.5) is 4.39 Å². The van der Waals surface area contributed by atoms with E-state index in [4.69, 9.17) is 14.6 Å². The Kier molecular flexibility index (Phi) is 12.4. The summed E-state index contributed by atoms with van der Waals surface area (Å²) in [5.41, 5.74) is 5.26. The molecule has 0 heterocycles. The molecular formula is C37H39FO6. The molecule has 0 aromatic heterocycles. The Hall–Kier alpha value is -4.65. The number of halogens is 1. The fourth-order valence-corrected chi connectivity index (χ4v) is 5.19. The molecule has 0 aliphatic carbocycles. The van der Waals surface area contributed by atoms with E-state index in [0.29, 0.717) is 36.5 Å². The molecule has 44 heavy (non-hydrogen) atoms. The highest BCUT2D eigenvalue weighted by Gasteiger charge is 2.13. The summed E-state index contributed by atoms with van der Waals surface area (Å²) in [5, 5.41) is 18.1. The molecule has 4 aromatic carbocycles. The fourth-order valence-electron chi connectivity index (χ4n) is 5.19. The molecule has 0 amide bonds. The summed E-state index contributed by atoms with van der Waals surface area (Å²) in [6.45, 7) is 0.810. The van der Waals surface area contributed by atoms with Crippen molar-refractivity contribution in [1.29, 1.82) is 0 Å². The van der Waals surface area contributed by atoms with Gasteiger partial charge in [0.2, 0.25) is 0 Å². The molecule has 0 radical (unpaired) electrons. The normalized spacial score (nSPS) is 10.8. The molecule has 4 rings (SSSR count). The SMILES string of the molecule is O=C(O)CCCOc1cccc(CCCCCCOc2cc(-c3ccccc3)cc(-c3ccccc3F)c2)c1CCC(=O)O. The number of ether oxygens (including phenoxy) is 2. The summed E-state index contributed by atoms with van der Waals surface area (Å²) >= 11 is 0. The van der Waals surface area contributed by atoms with Crippen molar-refractivity contribution in [2.45, 2.75) is 57.8 Å². The second kappa shape index (κ2) is 16.8. The molecule has 0 spiro atoms. The van der Waals surface area contributed by atoms with E-state index in [1.165, 1.54) is 6.07 Å². The van der Waals surface area contributed by atoms with E-state index in [1.54, 1.807) is 12.1 Å². The number of carbonyl (C=O) groups is 2. The lowest BCUT2D eigenvalue weighted by atomic mass is 9.97. The summed E-state index contributed by atoms with van der Waals surface area (Å²) in [5.74, 6) is -0.674. The zero-order valence-electron chi connectivity index (χ0n) is 24.8. The zero-order chi connectivity index (χ0) is 31.1. The highest BCUT2D eigenvalue weighted by Crippen LogP contribution is 2.33. The molecule has 0 aliphatic rings. The van der Waals surface area contributed by atoms with Gasteiger partial charge in [-0.1, -0.05) is 73.5 Å². The monoisotopic (exact) mass is 598 g/mol. The predicted molar refractivity (Wildman–Crippen MR) is 170 cm³/mol. The number of rotatable bonds is 18. The lowest BCUT2D eigenvalue weighted by Crippen LogP contribution is -2.07. The van der Waals surface area contributed by atoms with Crippen LogP contribution in [0, 0.1) is 5.82 Å². The largest absolute Gasteiger partial charge is 0.494 e. The van der Waals surface area contributed by atoms with E-state index < -0.39 is 11.9 Å². The Morgan fingerprint density at radius 1 is 0.614 bits per heavy atom. The first kappa shape index (κ1) is 32.3. The van der Waals surface area contributed by atoms with E-state index in [-0.39, 0.29) is 25.3 Å². The molecule has 4 aromatic rings. The smallest absolute Gasteiger partial charge is 0.303 e. The molecule has 0 unspecified atom stereocenters. The Morgan fingerprint density at radius 3 is 2.09 bits per heavy atom. The van der Waals surface area contributed by atoms with E-state index in [9.17, 15) is 19.1 Å². The van der Waals surface area contributed by atoms with E-state index in [0.717, 1.165) is 59.9 Å². The molecule has 0 saturated carbocycles. The van der Waals surface area contributed by atoms with E-state index in [1.807, 2.05) is 72.8 Å². The lowest BCUT2D eigenvalue weighted by Gasteiger charge is -2.15. The van der Waals surface area contributed by atoms with Crippen molar-refractivity contribution < 1.29 is 33.7 Å². The quantitative estimate of drug-likeness (QED) is 0.111. The van der Waals surface area contributed by atoms with Gasteiger partial charge in [-0.2, -0.15) is 0 Å². The maximum Gasteiger partial charge on any atom is 0.303 e. The molecule has 0 aliphatic heterocycles. The van der Waals surface area contributed by atoms with Gasteiger partial charge in [0.25, 0.3) is 0 Å². The van der Waals surface area contributed by atoms with Gasteiger partial charge in [0.1, 0.15) is 17.3 Å². The van der Waals surface area contributed by atoms with Crippen LogP contribution in [0.5, 0.6) is 11.5 Å². The highest BCUT2D eigenvalue weighted by molar-refractivity contribution is 5.75. The number of unbranched alkanes of at least 4 members (excludes halogenated alkanes) is 3. The number of aliphatic carboxylic acids is 2. The van der Waals surface area contributed by atoms with Crippen LogP contribution in [-0.4, -0.2) is 35.4 Å². The van der Waals surface area contributed by atoms with Crippen LogP contribution >= 0.6 is 0 Å². The first-order valence-electron chi connectivity index (χ1n) is 15.2. The Bertz CT molecular complexity index is 1520. The van der Waals surface area contributed by atoms with Crippen molar-refractivity contribution in [2.24, 2.45) is 0 Å². The van der Waals surface area contributed by atoms with Gasteiger partial charge in [-0.05, 0) is 90.3 Å². The molecule has 0 saturated heterocycles. The average Bonchev–Trinajstić information content (AvgIpc) is 3.02. The Labute approximate surface area is 258 Å². The minimum absolute atomic E-state index is 0.00391. The molecule has 7 heteroatoms. The number of carboxylic acid groups (broad SMARTS) is 2. The fraction of sp³-hybridized carbons (Fsp3) is 0.297. The third-order valence-corrected chi connectivity index (χ3v) is 7.42. The minimum Gasteiger partial charge on any atom is -0.494 e. The van der Waals surface area contributed by atoms with Crippen LogP contribution in [0.15, 0.2) is 91.0 Å². The van der Waals surface area contributed by atoms with Gasteiger partial charge in [-0.3, -0.25) is 9.59 Å². The van der Waals surface area contributed by atoms with Gasteiger partial charge in [-0.25, -0.2) is 4.39 Å². The minimum atomic E-state index is -0.869. The average molecular weight is 599 g/mol. The van der Waals surface area contributed by atoms with Gasteiger partial charge in [0.15, 0.2) is 0 Å². The zero-order valence-corrected chi connectivity index (χ0v) is 24.8. The van der Waals surface area contributed by atoms with Gasteiger partial charge in [-0.15, -0.1) is 0 Å². The van der Waals surface area contributed by atoms with Crippen LogP contribution in [0.1, 0.15) is 56.1 Å². The van der Waals surface area contributed by atoms with Gasteiger partial charge in [0.05, 0.1) is 13.2 Å². The van der Waals surface area contributed by atoms with Crippen LogP contribution in [-0.2, 0) is 22.4 Å². The van der Waals surface area contributed by atoms with E-state index >= 15 is 0 Å². The summed E-state index contributed by atoms with van der Waals surface area (Å²) in [4.78, 5) is 22.1. The van der Waals surface area contributed by atoms with Crippen molar-refractivity contribution in [3.8, 4) is 33.8 Å². The van der Waals surface area contributed by atoms with Crippen molar-refractivity contribution in [3.63, 3.8) is 0 Å². The Morgan fingerprint density at radius 2 is 1.32 bits per heavy atom. The molecule has 6 nitrogen and oxygen atoms in total. The van der Waals surface area contributed by atoms with Crippen LogP contribution < -0.4 is 9.47 Å². The highest BCUT2D eigenvalue weighted by atomic mass is 19.1. The summed E-state index contributed by atoms with van der Waals surface area (Å²) in [6.07, 6.45) is 5.33. The van der Waals surface area contributed by atoms with Crippen LogP contribution in [0.3, 0.4) is 0 Å². The topological polar surface area (TPSA) is 93.1 Å². The summed E-state index contributed by atoms with van der Waals surface area (Å²) in [7, 11) is 0. The number of hydrogen-bond donors (Lipinski definition) is 2. The molecule has 230 valence electrons. The maximum atomic E-state index is 14.6. The van der Waals surface area contributed by atoms with Crippen LogP contribution in [0.25, 0.3) is 22.3 Å². The molecule has 0 atom stereocenters. The molecule has 0 fully saturated rings. The lowest BCUT2D eigenvalue weighted by molar-refractivity contribution is -0.138. The van der Waals surface area contributed by atoms with Gasteiger partial charge >= 0.3 is 11.9 Å².